The second-order valence-electron chi connectivity index (χ2n) is 6.59. The van der Waals surface area contributed by atoms with Crippen LogP contribution in [0.25, 0.3) is 0 Å². The average molecular weight is 255 g/mol. The highest BCUT2D eigenvalue weighted by Gasteiger charge is 2.56. The van der Waals surface area contributed by atoms with Gasteiger partial charge in [0.05, 0.1) is 11.7 Å². The van der Waals surface area contributed by atoms with Crippen molar-refractivity contribution in [3.8, 4) is 0 Å². The molecule has 2 aliphatic rings. The van der Waals surface area contributed by atoms with E-state index in [2.05, 4.69) is 26.2 Å². The molecule has 2 atom stereocenters. The lowest BCUT2D eigenvalue weighted by molar-refractivity contribution is -0.140. The molecule has 2 rings (SSSR count). The first-order valence-corrected chi connectivity index (χ1v) is 7.38. The van der Waals surface area contributed by atoms with Gasteiger partial charge in [-0.3, -0.25) is 0 Å². The largest absolute Gasteiger partial charge is 0.379 e. The molecular weight excluding hydrogens is 226 g/mol. The molecule has 0 aromatic heterocycles. The summed E-state index contributed by atoms with van der Waals surface area (Å²) in [5, 5.41) is 3.48. The molecule has 0 aromatic rings. The van der Waals surface area contributed by atoms with E-state index in [1.807, 2.05) is 0 Å². The van der Waals surface area contributed by atoms with Gasteiger partial charge in [0.1, 0.15) is 0 Å². The molecule has 106 valence electrons. The number of methoxy groups -OCH3 is 1. The second kappa shape index (κ2) is 5.48. The summed E-state index contributed by atoms with van der Waals surface area (Å²) in [6, 6.07) is 0.681. The van der Waals surface area contributed by atoms with Gasteiger partial charge >= 0.3 is 0 Å². The molecule has 18 heavy (non-hydrogen) atoms. The predicted octanol–water partition coefficient (Wildman–Crippen LogP) is 2.74. The van der Waals surface area contributed by atoms with Crippen LogP contribution in [0, 0.1) is 5.41 Å². The quantitative estimate of drug-likeness (QED) is 0.791. The van der Waals surface area contributed by atoms with Crippen molar-refractivity contribution in [2.75, 3.05) is 20.8 Å². The summed E-state index contributed by atoms with van der Waals surface area (Å²) in [6.07, 6.45) is 8.08. The minimum Gasteiger partial charge on any atom is -0.379 e. The van der Waals surface area contributed by atoms with E-state index in [1.54, 1.807) is 7.11 Å². The van der Waals surface area contributed by atoms with Crippen molar-refractivity contribution in [3.63, 3.8) is 0 Å². The Morgan fingerprint density at radius 3 is 2.50 bits per heavy atom. The Labute approximate surface area is 112 Å². The molecule has 3 nitrogen and oxygen atoms in total. The van der Waals surface area contributed by atoms with Crippen LogP contribution in [0.1, 0.15) is 52.4 Å². The fourth-order valence-corrected chi connectivity index (χ4v) is 3.64. The van der Waals surface area contributed by atoms with Gasteiger partial charge in [0.2, 0.25) is 0 Å². The third-order valence-electron chi connectivity index (χ3n) is 5.24. The van der Waals surface area contributed by atoms with Crippen molar-refractivity contribution in [2.45, 2.75) is 70.1 Å². The SMILES string of the molecule is CNC1CC(OCCC(C)(C)OC)C12CCCC2. The molecule has 2 aliphatic carbocycles. The van der Waals surface area contributed by atoms with Crippen LogP contribution in [0.2, 0.25) is 0 Å². The molecule has 2 saturated carbocycles. The highest BCUT2D eigenvalue weighted by atomic mass is 16.5. The van der Waals surface area contributed by atoms with Crippen LogP contribution in [0.15, 0.2) is 0 Å². The van der Waals surface area contributed by atoms with E-state index in [1.165, 1.54) is 32.1 Å². The molecule has 0 heterocycles. The second-order valence-corrected chi connectivity index (χ2v) is 6.59. The Kier molecular flexibility index (Phi) is 4.35. The summed E-state index contributed by atoms with van der Waals surface area (Å²) in [4.78, 5) is 0. The summed E-state index contributed by atoms with van der Waals surface area (Å²) in [5.41, 5.74) is 0.390. The van der Waals surface area contributed by atoms with Gasteiger partial charge in [-0.15, -0.1) is 0 Å². The first kappa shape index (κ1) is 14.3. The Morgan fingerprint density at radius 1 is 1.28 bits per heavy atom. The molecule has 0 aliphatic heterocycles. The zero-order chi connectivity index (χ0) is 13.2. The van der Waals surface area contributed by atoms with Crippen LogP contribution in [0.4, 0.5) is 0 Å². The summed E-state index contributed by atoms with van der Waals surface area (Å²) in [6.45, 7) is 5.07. The highest BCUT2D eigenvalue weighted by molar-refractivity contribution is 5.09. The first-order chi connectivity index (χ1) is 8.54. The van der Waals surface area contributed by atoms with Crippen LogP contribution in [-0.2, 0) is 9.47 Å². The van der Waals surface area contributed by atoms with Crippen LogP contribution in [-0.4, -0.2) is 38.5 Å². The minimum atomic E-state index is -0.0605. The molecule has 2 fully saturated rings. The molecule has 1 N–H and O–H groups in total. The van der Waals surface area contributed by atoms with E-state index in [0.717, 1.165) is 13.0 Å². The smallest absolute Gasteiger partial charge is 0.0661 e. The van der Waals surface area contributed by atoms with Crippen molar-refractivity contribution in [3.05, 3.63) is 0 Å². The average Bonchev–Trinajstić information content (AvgIpc) is 2.84. The van der Waals surface area contributed by atoms with E-state index in [-0.39, 0.29) is 5.60 Å². The molecule has 2 unspecified atom stereocenters. The van der Waals surface area contributed by atoms with Crippen molar-refractivity contribution < 1.29 is 9.47 Å². The molecule has 3 heteroatoms. The Hall–Kier alpha value is -0.120. The minimum absolute atomic E-state index is 0.0605. The van der Waals surface area contributed by atoms with Gasteiger partial charge in [-0.1, -0.05) is 12.8 Å². The van der Waals surface area contributed by atoms with E-state index in [0.29, 0.717) is 17.6 Å². The molecule has 0 amide bonds. The summed E-state index contributed by atoms with van der Waals surface area (Å²) < 4.78 is 11.6. The Morgan fingerprint density at radius 2 is 1.94 bits per heavy atom. The molecule has 0 bridgehead atoms. The maximum absolute atomic E-state index is 6.17. The first-order valence-electron chi connectivity index (χ1n) is 7.38. The van der Waals surface area contributed by atoms with Gasteiger partial charge in [0, 0.05) is 25.2 Å². The van der Waals surface area contributed by atoms with Gasteiger partial charge in [-0.25, -0.2) is 0 Å². The number of ether oxygens (including phenoxy) is 2. The Bertz CT molecular complexity index is 272. The fraction of sp³-hybridized carbons (Fsp3) is 1.00. The molecule has 1 spiro atoms. The van der Waals surface area contributed by atoms with Gasteiger partial charge in [-0.05, 0) is 46.6 Å². The standard InChI is InChI=1S/C15H29NO2/c1-14(2,17-4)9-10-18-13-11-12(16-3)15(13)7-5-6-8-15/h12-13,16H,5-11H2,1-4H3. The zero-order valence-corrected chi connectivity index (χ0v) is 12.4. The molecule has 0 saturated heterocycles. The maximum atomic E-state index is 6.17. The highest BCUT2D eigenvalue weighted by Crippen LogP contribution is 2.54. The van der Waals surface area contributed by atoms with E-state index in [4.69, 9.17) is 9.47 Å². The van der Waals surface area contributed by atoms with Crippen LogP contribution in [0.3, 0.4) is 0 Å². The monoisotopic (exact) mass is 255 g/mol. The van der Waals surface area contributed by atoms with Gasteiger partial charge in [-0.2, -0.15) is 0 Å². The van der Waals surface area contributed by atoms with Crippen LogP contribution >= 0.6 is 0 Å². The lowest BCUT2D eigenvalue weighted by Crippen LogP contribution is -2.62. The number of nitrogens with one attached hydrogen (secondary N) is 1. The summed E-state index contributed by atoms with van der Waals surface area (Å²) in [7, 11) is 3.87. The van der Waals surface area contributed by atoms with E-state index < -0.39 is 0 Å². The van der Waals surface area contributed by atoms with Gasteiger partial charge in [0.25, 0.3) is 0 Å². The summed E-state index contributed by atoms with van der Waals surface area (Å²) >= 11 is 0. The fourth-order valence-electron chi connectivity index (χ4n) is 3.64. The van der Waals surface area contributed by atoms with Gasteiger partial charge < -0.3 is 14.8 Å². The molecular formula is C15H29NO2. The summed E-state index contributed by atoms with van der Waals surface area (Å²) in [5.74, 6) is 0. The molecule has 0 aromatic carbocycles. The maximum Gasteiger partial charge on any atom is 0.0661 e. The number of hydrogen-bond acceptors (Lipinski definition) is 3. The Balaban J connectivity index is 1.80. The number of rotatable bonds is 6. The van der Waals surface area contributed by atoms with Crippen molar-refractivity contribution in [1.82, 2.24) is 5.32 Å². The number of hydrogen-bond donors (Lipinski definition) is 1. The van der Waals surface area contributed by atoms with Crippen LogP contribution in [0.5, 0.6) is 0 Å². The van der Waals surface area contributed by atoms with Crippen molar-refractivity contribution in [2.24, 2.45) is 5.41 Å². The van der Waals surface area contributed by atoms with Crippen molar-refractivity contribution >= 4 is 0 Å². The topological polar surface area (TPSA) is 30.5 Å². The predicted molar refractivity (Wildman–Crippen MR) is 73.8 cm³/mol. The van der Waals surface area contributed by atoms with E-state index in [9.17, 15) is 0 Å². The lowest BCUT2D eigenvalue weighted by Gasteiger charge is -2.54. The normalized spacial score (nSPS) is 30.7. The third kappa shape index (κ3) is 2.59. The van der Waals surface area contributed by atoms with E-state index >= 15 is 0 Å². The third-order valence-corrected chi connectivity index (χ3v) is 5.24. The van der Waals surface area contributed by atoms with Crippen molar-refractivity contribution in [1.29, 1.82) is 0 Å². The zero-order valence-electron chi connectivity index (χ0n) is 12.4. The molecule has 0 radical (unpaired) electrons. The van der Waals surface area contributed by atoms with Gasteiger partial charge in [0.15, 0.2) is 0 Å². The van der Waals surface area contributed by atoms with Crippen LogP contribution < -0.4 is 5.32 Å². The lowest BCUT2D eigenvalue weighted by atomic mass is 9.60.